The number of hydrogen-bond donors (Lipinski definition) is 2. The number of nitrogen functional groups attached to an aromatic ring is 1. The first-order valence-electron chi connectivity index (χ1n) is 9.45. The predicted molar refractivity (Wildman–Crippen MR) is 103 cm³/mol. The van der Waals surface area contributed by atoms with Gasteiger partial charge in [-0.1, -0.05) is 6.92 Å². The Bertz CT molecular complexity index is 969. The molecule has 2 aromatic rings. The minimum absolute atomic E-state index is 0.0102. The van der Waals surface area contributed by atoms with E-state index in [2.05, 4.69) is 10.6 Å². The molecular formula is C19H28N5O3+. The predicted octanol–water partition coefficient (Wildman–Crippen LogP) is -0.520. The first-order valence-corrected chi connectivity index (χ1v) is 9.45. The van der Waals surface area contributed by atoms with Crippen LogP contribution in [0.4, 0.5) is 5.82 Å². The number of anilines is 1. The van der Waals surface area contributed by atoms with Gasteiger partial charge >= 0.3 is 5.69 Å². The van der Waals surface area contributed by atoms with Crippen molar-refractivity contribution in [1.29, 1.82) is 0 Å². The topological polar surface area (TPSA) is 96.5 Å². The Morgan fingerprint density at radius 3 is 2.70 bits per heavy atom. The van der Waals surface area contributed by atoms with E-state index in [0.29, 0.717) is 13.0 Å². The van der Waals surface area contributed by atoms with Gasteiger partial charge in [-0.2, -0.15) is 0 Å². The summed E-state index contributed by atoms with van der Waals surface area (Å²) in [4.78, 5) is 39.0. The van der Waals surface area contributed by atoms with Gasteiger partial charge in [-0.15, -0.1) is 0 Å². The van der Waals surface area contributed by atoms with Crippen molar-refractivity contribution in [2.45, 2.75) is 38.8 Å². The van der Waals surface area contributed by atoms with Crippen molar-refractivity contribution in [2.24, 2.45) is 14.1 Å². The number of hydrogen-bond acceptors (Lipinski definition) is 4. The molecule has 3 heterocycles. The lowest BCUT2D eigenvalue weighted by molar-refractivity contribution is -0.910. The minimum Gasteiger partial charge on any atom is -0.384 e. The molecule has 3 rings (SSSR count). The molecule has 1 aliphatic rings. The van der Waals surface area contributed by atoms with Gasteiger partial charge in [0.15, 0.2) is 0 Å². The summed E-state index contributed by atoms with van der Waals surface area (Å²) in [6.07, 6.45) is 4.72. The van der Waals surface area contributed by atoms with E-state index < -0.39 is 11.2 Å². The van der Waals surface area contributed by atoms with E-state index in [1.54, 1.807) is 0 Å². The van der Waals surface area contributed by atoms with E-state index in [-0.39, 0.29) is 29.8 Å². The van der Waals surface area contributed by atoms with Crippen molar-refractivity contribution in [3.63, 3.8) is 0 Å². The van der Waals surface area contributed by atoms with Gasteiger partial charge in [-0.3, -0.25) is 18.7 Å². The molecule has 0 saturated carbocycles. The molecule has 8 nitrogen and oxygen atoms in total. The molecule has 0 amide bonds. The summed E-state index contributed by atoms with van der Waals surface area (Å²) in [6, 6.07) is 4.30. The fourth-order valence-electron chi connectivity index (χ4n) is 4.10. The smallest absolute Gasteiger partial charge is 0.332 e. The number of Topliss-reactive ketones (excluding diaryl/α,β-unsaturated/α-hetero) is 1. The minimum atomic E-state index is -0.608. The summed E-state index contributed by atoms with van der Waals surface area (Å²) < 4.78 is 4.38. The van der Waals surface area contributed by atoms with Crippen molar-refractivity contribution in [1.82, 2.24) is 13.7 Å². The maximum absolute atomic E-state index is 13.0. The van der Waals surface area contributed by atoms with Crippen LogP contribution >= 0.6 is 0 Å². The second-order valence-corrected chi connectivity index (χ2v) is 7.31. The average Bonchev–Trinajstić information content (AvgIpc) is 3.25. The van der Waals surface area contributed by atoms with Gasteiger partial charge in [0.2, 0.25) is 5.78 Å². The van der Waals surface area contributed by atoms with E-state index in [1.807, 2.05) is 26.2 Å². The molecule has 0 aromatic carbocycles. The monoisotopic (exact) mass is 374 g/mol. The lowest BCUT2D eigenvalue weighted by atomic mass is 10.1. The van der Waals surface area contributed by atoms with Gasteiger partial charge in [0.1, 0.15) is 24.0 Å². The largest absolute Gasteiger partial charge is 0.384 e. The van der Waals surface area contributed by atoms with E-state index in [4.69, 9.17) is 5.73 Å². The van der Waals surface area contributed by atoms with E-state index in [1.165, 1.54) is 17.3 Å². The van der Waals surface area contributed by atoms with E-state index in [9.17, 15) is 14.4 Å². The summed E-state index contributed by atoms with van der Waals surface area (Å²) in [5, 5.41) is 0. The third-order valence-corrected chi connectivity index (χ3v) is 5.52. The third kappa shape index (κ3) is 3.37. The molecule has 27 heavy (non-hydrogen) atoms. The van der Waals surface area contributed by atoms with Crippen LogP contribution < -0.4 is 21.9 Å². The standard InChI is InChI=1S/C19H27N5O3/c1-4-9-24-17(20)16(18(26)22(3)19(24)27)15(25)12-23-11-6-8-14(23)13-7-5-10-21(13)2/h5,7,10,14H,4,6,8-9,11-12,20H2,1-3H3/p+1/t14-/m1/s1. The molecule has 0 spiro atoms. The highest BCUT2D eigenvalue weighted by Gasteiger charge is 2.34. The number of aromatic nitrogens is 3. The highest BCUT2D eigenvalue weighted by molar-refractivity contribution is 6.00. The van der Waals surface area contributed by atoms with Crippen LogP contribution in [0.25, 0.3) is 0 Å². The van der Waals surface area contributed by atoms with E-state index in [0.717, 1.165) is 28.9 Å². The Hall–Kier alpha value is -2.61. The van der Waals surface area contributed by atoms with Crippen LogP contribution in [0.15, 0.2) is 27.9 Å². The number of aryl methyl sites for hydroxylation is 1. The summed E-state index contributed by atoms with van der Waals surface area (Å²) >= 11 is 0. The van der Waals surface area contributed by atoms with Crippen molar-refractivity contribution in [3.8, 4) is 0 Å². The van der Waals surface area contributed by atoms with Gasteiger partial charge in [0.25, 0.3) is 5.56 Å². The van der Waals surface area contributed by atoms with Crippen LogP contribution in [-0.4, -0.2) is 32.6 Å². The van der Waals surface area contributed by atoms with Gasteiger partial charge in [0, 0.05) is 39.7 Å². The normalized spacial score (nSPS) is 19.5. The van der Waals surface area contributed by atoms with Crippen molar-refractivity contribution in [2.75, 3.05) is 18.8 Å². The average molecular weight is 374 g/mol. The number of nitrogens with zero attached hydrogens (tertiary/aromatic N) is 3. The fourth-order valence-corrected chi connectivity index (χ4v) is 4.10. The highest BCUT2D eigenvalue weighted by atomic mass is 16.2. The zero-order valence-electron chi connectivity index (χ0n) is 16.2. The van der Waals surface area contributed by atoms with Crippen LogP contribution in [0.5, 0.6) is 0 Å². The second kappa shape index (κ2) is 7.56. The molecule has 0 radical (unpaired) electrons. The number of quaternary nitrogens is 1. The van der Waals surface area contributed by atoms with Crippen LogP contribution in [0, 0.1) is 0 Å². The van der Waals surface area contributed by atoms with Crippen LogP contribution in [0.2, 0.25) is 0 Å². The van der Waals surface area contributed by atoms with Crippen LogP contribution in [0.1, 0.15) is 48.3 Å². The molecule has 3 N–H and O–H groups in total. The number of carbonyl (C=O) groups is 1. The summed E-state index contributed by atoms with van der Waals surface area (Å²) in [5.41, 5.74) is 6.12. The molecule has 1 fully saturated rings. The number of rotatable bonds is 6. The van der Waals surface area contributed by atoms with Crippen molar-refractivity contribution < 1.29 is 9.69 Å². The lowest BCUT2D eigenvalue weighted by Crippen LogP contribution is -3.11. The number of nitrogens with two attached hydrogens (primary N) is 1. The zero-order valence-corrected chi connectivity index (χ0v) is 16.2. The molecule has 2 atom stereocenters. The maximum atomic E-state index is 13.0. The molecule has 1 saturated heterocycles. The van der Waals surface area contributed by atoms with Crippen molar-refractivity contribution in [3.05, 3.63) is 50.4 Å². The fraction of sp³-hybridized carbons (Fsp3) is 0.526. The Kier molecular flexibility index (Phi) is 5.36. The first-order chi connectivity index (χ1) is 12.9. The summed E-state index contributed by atoms with van der Waals surface area (Å²) in [7, 11) is 3.39. The van der Waals surface area contributed by atoms with Crippen molar-refractivity contribution >= 4 is 11.6 Å². The summed E-state index contributed by atoms with van der Waals surface area (Å²) in [5.74, 6) is -0.307. The maximum Gasteiger partial charge on any atom is 0.332 e. The first kappa shape index (κ1) is 19.2. The molecule has 1 unspecified atom stereocenters. The molecule has 1 aliphatic heterocycles. The van der Waals surface area contributed by atoms with E-state index >= 15 is 0 Å². The lowest BCUT2D eigenvalue weighted by Gasteiger charge is -2.22. The Labute approximate surface area is 157 Å². The molecule has 8 heteroatoms. The molecule has 0 bridgehead atoms. The molecule has 2 aromatic heterocycles. The van der Waals surface area contributed by atoms with Gasteiger partial charge in [-0.25, -0.2) is 4.79 Å². The van der Waals surface area contributed by atoms with Gasteiger partial charge < -0.3 is 15.2 Å². The Morgan fingerprint density at radius 1 is 1.33 bits per heavy atom. The molecule has 0 aliphatic carbocycles. The number of likely N-dealkylation sites (tertiary alicyclic amines) is 1. The quantitative estimate of drug-likeness (QED) is 0.665. The number of nitrogens with one attached hydrogen (secondary N) is 1. The zero-order chi connectivity index (χ0) is 19.7. The van der Waals surface area contributed by atoms with Gasteiger partial charge in [0.05, 0.1) is 12.2 Å². The Morgan fingerprint density at radius 2 is 2.07 bits per heavy atom. The summed E-state index contributed by atoms with van der Waals surface area (Å²) in [6.45, 7) is 3.36. The number of carbonyl (C=O) groups excluding carboxylic acids is 1. The van der Waals surface area contributed by atoms with Crippen LogP contribution in [-0.2, 0) is 20.6 Å². The highest BCUT2D eigenvalue weighted by Crippen LogP contribution is 2.19. The second-order valence-electron chi connectivity index (χ2n) is 7.31. The Balaban J connectivity index is 1.94. The van der Waals surface area contributed by atoms with Crippen LogP contribution in [0.3, 0.4) is 0 Å². The molecular weight excluding hydrogens is 346 g/mol. The number of ketones is 1. The third-order valence-electron chi connectivity index (χ3n) is 5.52. The molecule has 146 valence electrons. The SMILES string of the molecule is CCCn1c(N)c(C(=O)C[NH+]2CCC[C@@H]2c2cccn2C)c(=O)n(C)c1=O. The van der Waals surface area contributed by atoms with Gasteiger partial charge in [-0.05, 0) is 18.6 Å².